The Balaban J connectivity index is 5.23. The number of unbranched alkanes of at least 4 members (excludes halogenated alkanes) is 31. The van der Waals surface area contributed by atoms with Crippen molar-refractivity contribution in [1.29, 1.82) is 0 Å². The number of phosphoric ester groups is 2. The van der Waals surface area contributed by atoms with E-state index in [1.807, 2.05) is 0 Å². The Morgan fingerprint density at radius 3 is 0.927 bits per heavy atom. The van der Waals surface area contributed by atoms with Gasteiger partial charge in [0, 0.05) is 25.7 Å². The van der Waals surface area contributed by atoms with Gasteiger partial charge in [-0.15, -0.1) is 0 Å². The first kappa shape index (κ1) is 80.1. The summed E-state index contributed by atoms with van der Waals surface area (Å²) in [4.78, 5) is 72.1. The van der Waals surface area contributed by atoms with Crippen LogP contribution < -0.4 is 0 Å². The van der Waals surface area contributed by atoms with E-state index < -0.39 is 97.5 Å². The fraction of sp³-hybridized carbons (Fsp3) is 0.937. The number of hydrogen-bond acceptors (Lipinski definition) is 15. The van der Waals surface area contributed by atoms with Gasteiger partial charge in [-0.05, 0) is 37.5 Å². The molecule has 17 nitrogen and oxygen atoms in total. The van der Waals surface area contributed by atoms with E-state index in [9.17, 15) is 43.2 Å². The lowest BCUT2D eigenvalue weighted by molar-refractivity contribution is -0.161. The van der Waals surface area contributed by atoms with Gasteiger partial charge in [0.15, 0.2) is 12.2 Å². The SMILES string of the molecule is CCCCCCCCCCCCCCC(=O)OC[C@H](COP(=O)(O)OC[C@@H](O)COP(=O)(O)OC[C@@H](COC(=O)CCCCCCCCC)OC(=O)CCCCCCCCC(C)CC)OC(=O)CCCCCCCCCCCCC(C)C. The Hall–Kier alpha value is -1.94. The molecule has 0 saturated heterocycles. The predicted molar refractivity (Wildman–Crippen MR) is 326 cm³/mol. The Morgan fingerprint density at radius 2 is 0.622 bits per heavy atom. The second kappa shape index (κ2) is 55.6. The lowest BCUT2D eigenvalue weighted by Crippen LogP contribution is -2.30. The lowest BCUT2D eigenvalue weighted by Gasteiger charge is -2.21. The highest BCUT2D eigenvalue weighted by atomic mass is 31.2. The molecule has 3 unspecified atom stereocenters. The maximum absolute atomic E-state index is 13.0. The van der Waals surface area contributed by atoms with Gasteiger partial charge in [0.05, 0.1) is 26.4 Å². The first-order chi connectivity index (χ1) is 39.4. The van der Waals surface area contributed by atoms with Crippen molar-refractivity contribution in [2.24, 2.45) is 11.8 Å². The van der Waals surface area contributed by atoms with Crippen molar-refractivity contribution in [3.8, 4) is 0 Å². The number of phosphoric acid groups is 2. The second-order valence-electron chi connectivity index (χ2n) is 23.5. The molecule has 0 aromatic heterocycles. The molecule has 0 heterocycles. The molecular formula is C63H122O17P2. The van der Waals surface area contributed by atoms with Crippen LogP contribution >= 0.6 is 15.6 Å². The standard InChI is InChI=1S/C63H122O17P2/c1-7-10-12-14-16-17-18-19-23-27-34-40-46-61(66)74-52-58(79-62(67)47-41-35-28-24-21-20-22-26-31-37-43-55(4)5)53-77-81(69,70)75-49-57(64)50-76-82(71,72)78-54-59(51-73-60(65)45-39-33-25-15-13-11-8-2)80-63(68)48-42-36-30-29-32-38-44-56(6)9-3/h55-59,64H,7-54H2,1-6H3,(H,69,70)(H,71,72)/t56?,57-,58-,59-/m1/s1. The fourth-order valence-corrected chi connectivity index (χ4v) is 10.9. The molecule has 3 N–H and O–H groups in total. The molecule has 0 aliphatic rings. The maximum atomic E-state index is 13.0. The van der Waals surface area contributed by atoms with Crippen LogP contribution in [0.2, 0.25) is 0 Å². The highest BCUT2D eigenvalue weighted by molar-refractivity contribution is 7.47. The molecule has 0 aliphatic carbocycles. The monoisotopic (exact) mass is 1210 g/mol. The summed E-state index contributed by atoms with van der Waals surface area (Å²) in [5.41, 5.74) is 0. The quantitative estimate of drug-likeness (QED) is 0.0222. The zero-order valence-electron chi connectivity index (χ0n) is 52.8. The second-order valence-corrected chi connectivity index (χ2v) is 26.4. The zero-order chi connectivity index (χ0) is 60.8. The van der Waals surface area contributed by atoms with Gasteiger partial charge in [0.1, 0.15) is 19.3 Å². The lowest BCUT2D eigenvalue weighted by atomic mass is 10.00. The predicted octanol–water partition coefficient (Wildman–Crippen LogP) is 17.3. The third-order valence-electron chi connectivity index (χ3n) is 14.8. The molecule has 0 saturated carbocycles. The summed E-state index contributed by atoms with van der Waals surface area (Å²) < 4.78 is 67.9. The summed E-state index contributed by atoms with van der Waals surface area (Å²) in [5, 5.41) is 10.5. The molecule has 6 atom stereocenters. The van der Waals surface area contributed by atoms with E-state index in [0.29, 0.717) is 25.7 Å². The van der Waals surface area contributed by atoms with Crippen molar-refractivity contribution in [3.63, 3.8) is 0 Å². The molecular weight excluding hydrogens is 1090 g/mol. The van der Waals surface area contributed by atoms with Crippen LogP contribution in [0.3, 0.4) is 0 Å². The normalized spacial score (nSPS) is 14.7. The van der Waals surface area contributed by atoms with E-state index in [4.69, 9.17) is 37.0 Å². The van der Waals surface area contributed by atoms with E-state index in [-0.39, 0.29) is 25.7 Å². The van der Waals surface area contributed by atoms with Gasteiger partial charge in [-0.2, -0.15) is 0 Å². The Morgan fingerprint density at radius 1 is 0.354 bits per heavy atom. The summed E-state index contributed by atoms with van der Waals surface area (Å²) >= 11 is 0. The molecule has 82 heavy (non-hydrogen) atoms. The smallest absolute Gasteiger partial charge is 0.462 e. The molecule has 0 bridgehead atoms. The number of hydrogen-bond donors (Lipinski definition) is 3. The van der Waals surface area contributed by atoms with Gasteiger partial charge in [-0.1, -0.05) is 260 Å². The fourth-order valence-electron chi connectivity index (χ4n) is 9.32. The minimum Gasteiger partial charge on any atom is -0.462 e. The van der Waals surface area contributed by atoms with Gasteiger partial charge in [-0.3, -0.25) is 37.3 Å². The van der Waals surface area contributed by atoms with Gasteiger partial charge in [0.2, 0.25) is 0 Å². The van der Waals surface area contributed by atoms with E-state index >= 15 is 0 Å². The van der Waals surface area contributed by atoms with Crippen molar-refractivity contribution in [2.75, 3.05) is 39.6 Å². The van der Waals surface area contributed by atoms with Gasteiger partial charge in [0.25, 0.3) is 0 Å². The number of carbonyl (C=O) groups excluding carboxylic acids is 4. The summed E-state index contributed by atoms with van der Waals surface area (Å²) in [6.07, 6.45) is 37.7. The third kappa shape index (κ3) is 55.9. The van der Waals surface area contributed by atoms with Crippen molar-refractivity contribution in [3.05, 3.63) is 0 Å². The van der Waals surface area contributed by atoms with Crippen LogP contribution in [-0.4, -0.2) is 96.7 Å². The Labute approximate surface area is 498 Å². The molecule has 0 aromatic carbocycles. The van der Waals surface area contributed by atoms with Gasteiger partial charge < -0.3 is 33.8 Å². The molecule has 19 heteroatoms. The van der Waals surface area contributed by atoms with Crippen molar-refractivity contribution >= 4 is 39.5 Å². The first-order valence-corrected chi connectivity index (χ1v) is 36.0. The first-order valence-electron chi connectivity index (χ1n) is 33.0. The van der Waals surface area contributed by atoms with Crippen LogP contribution in [0.4, 0.5) is 0 Å². The summed E-state index contributed by atoms with van der Waals surface area (Å²) in [6.45, 7) is 9.39. The molecule has 486 valence electrons. The van der Waals surface area contributed by atoms with E-state index in [2.05, 4.69) is 41.5 Å². The molecule has 0 fully saturated rings. The molecule has 0 radical (unpaired) electrons. The summed E-state index contributed by atoms with van der Waals surface area (Å²) in [7, 11) is -9.88. The molecule has 0 spiro atoms. The largest absolute Gasteiger partial charge is 0.472 e. The van der Waals surface area contributed by atoms with Crippen molar-refractivity contribution in [2.45, 2.75) is 330 Å². The number of aliphatic hydroxyl groups excluding tert-OH is 1. The average Bonchev–Trinajstić information content (AvgIpc) is 3.45. The molecule has 0 amide bonds. The average molecular weight is 1210 g/mol. The van der Waals surface area contributed by atoms with E-state index in [0.717, 1.165) is 115 Å². The number of rotatable bonds is 62. The minimum absolute atomic E-state index is 0.102. The Bertz CT molecular complexity index is 1620. The van der Waals surface area contributed by atoms with Crippen molar-refractivity contribution < 1.29 is 80.2 Å². The number of carbonyl (C=O) groups is 4. The van der Waals surface area contributed by atoms with Crippen LogP contribution in [-0.2, 0) is 65.4 Å². The van der Waals surface area contributed by atoms with E-state index in [1.165, 1.54) is 116 Å². The molecule has 0 rings (SSSR count). The highest BCUT2D eigenvalue weighted by Crippen LogP contribution is 2.45. The van der Waals surface area contributed by atoms with Crippen LogP contribution in [0.5, 0.6) is 0 Å². The number of ether oxygens (including phenoxy) is 4. The van der Waals surface area contributed by atoms with Gasteiger partial charge >= 0.3 is 39.5 Å². The zero-order valence-corrected chi connectivity index (χ0v) is 54.6. The van der Waals surface area contributed by atoms with Crippen LogP contribution in [0.15, 0.2) is 0 Å². The van der Waals surface area contributed by atoms with Crippen LogP contribution in [0, 0.1) is 11.8 Å². The topological polar surface area (TPSA) is 237 Å². The minimum atomic E-state index is -4.94. The van der Waals surface area contributed by atoms with Crippen LogP contribution in [0.25, 0.3) is 0 Å². The summed E-state index contributed by atoms with van der Waals surface area (Å²) in [6, 6.07) is 0. The highest BCUT2D eigenvalue weighted by Gasteiger charge is 2.30. The van der Waals surface area contributed by atoms with Crippen molar-refractivity contribution in [1.82, 2.24) is 0 Å². The van der Waals surface area contributed by atoms with Crippen LogP contribution in [0.1, 0.15) is 311 Å². The summed E-state index contributed by atoms with van der Waals surface area (Å²) in [5.74, 6) is -0.668. The maximum Gasteiger partial charge on any atom is 0.472 e. The number of esters is 4. The molecule has 0 aromatic rings. The third-order valence-corrected chi connectivity index (χ3v) is 16.7. The van der Waals surface area contributed by atoms with E-state index in [1.54, 1.807) is 0 Å². The Kier molecular flexibility index (Phi) is 54.3. The van der Waals surface area contributed by atoms with Gasteiger partial charge in [-0.25, -0.2) is 9.13 Å². The number of aliphatic hydroxyl groups is 1. The molecule has 0 aliphatic heterocycles.